The van der Waals surface area contributed by atoms with E-state index in [1.54, 1.807) is 17.4 Å². The number of rotatable bonds is 3. The molecule has 100 valence electrons. The topological polar surface area (TPSA) is 29.1 Å². The standard InChI is InChI=1S/C14H14BrNOS2/c1-8-3-6-13(19-8)9(2)16-14(17)11-5-4-10(15)7-12(11)18/h3-7,9,18H,1-2H3,(H,16,17). The van der Waals surface area contributed by atoms with Crippen LogP contribution in [0.15, 0.2) is 39.7 Å². The van der Waals surface area contributed by atoms with Crippen LogP contribution in [0.25, 0.3) is 0 Å². The van der Waals surface area contributed by atoms with Gasteiger partial charge in [-0.15, -0.1) is 24.0 Å². The highest BCUT2D eigenvalue weighted by atomic mass is 79.9. The molecule has 0 aliphatic rings. The fraction of sp³-hybridized carbons (Fsp3) is 0.214. The summed E-state index contributed by atoms with van der Waals surface area (Å²) in [5.74, 6) is -0.101. The van der Waals surface area contributed by atoms with Crippen molar-refractivity contribution >= 4 is 45.8 Å². The Morgan fingerprint density at radius 1 is 1.37 bits per heavy atom. The molecule has 1 amide bonds. The Morgan fingerprint density at radius 3 is 2.68 bits per heavy atom. The number of nitrogens with one attached hydrogen (secondary N) is 1. The molecule has 2 rings (SSSR count). The lowest BCUT2D eigenvalue weighted by atomic mass is 10.2. The highest BCUT2D eigenvalue weighted by Crippen LogP contribution is 2.24. The lowest BCUT2D eigenvalue weighted by Crippen LogP contribution is -2.26. The minimum absolute atomic E-state index is 0.00239. The Kier molecular flexibility index (Phi) is 4.71. The number of thiophene rings is 1. The monoisotopic (exact) mass is 355 g/mol. The Bertz CT molecular complexity index is 609. The maximum Gasteiger partial charge on any atom is 0.252 e. The van der Waals surface area contributed by atoms with E-state index in [-0.39, 0.29) is 11.9 Å². The van der Waals surface area contributed by atoms with Gasteiger partial charge in [-0.3, -0.25) is 4.79 Å². The second-order valence-corrected chi connectivity index (χ2v) is 7.02. The van der Waals surface area contributed by atoms with Crippen LogP contribution in [0.4, 0.5) is 0 Å². The molecular formula is C14H14BrNOS2. The van der Waals surface area contributed by atoms with Crippen LogP contribution in [0, 0.1) is 6.92 Å². The van der Waals surface area contributed by atoms with Crippen molar-refractivity contribution in [1.29, 1.82) is 0 Å². The van der Waals surface area contributed by atoms with Crippen molar-refractivity contribution in [3.8, 4) is 0 Å². The lowest BCUT2D eigenvalue weighted by Gasteiger charge is -2.13. The fourth-order valence-corrected chi connectivity index (χ4v) is 3.46. The molecule has 5 heteroatoms. The molecule has 1 aromatic heterocycles. The first kappa shape index (κ1) is 14.6. The molecular weight excluding hydrogens is 342 g/mol. The Morgan fingerprint density at radius 2 is 2.11 bits per heavy atom. The fourth-order valence-electron chi connectivity index (χ4n) is 1.73. The van der Waals surface area contributed by atoms with Crippen LogP contribution in [-0.4, -0.2) is 5.91 Å². The molecule has 1 heterocycles. The number of carbonyl (C=O) groups is 1. The average molecular weight is 356 g/mol. The van der Waals surface area contributed by atoms with Crippen LogP contribution in [0.3, 0.4) is 0 Å². The molecule has 19 heavy (non-hydrogen) atoms. The van der Waals surface area contributed by atoms with E-state index in [2.05, 4.69) is 46.9 Å². The molecule has 1 atom stereocenters. The summed E-state index contributed by atoms with van der Waals surface area (Å²) < 4.78 is 0.913. The molecule has 1 aromatic carbocycles. The minimum Gasteiger partial charge on any atom is -0.345 e. The van der Waals surface area contributed by atoms with Crippen molar-refractivity contribution in [2.75, 3.05) is 0 Å². The van der Waals surface area contributed by atoms with Crippen molar-refractivity contribution in [2.45, 2.75) is 24.8 Å². The highest BCUT2D eigenvalue weighted by Gasteiger charge is 2.14. The summed E-state index contributed by atoms with van der Waals surface area (Å²) in [6.45, 7) is 4.05. The van der Waals surface area contributed by atoms with Gasteiger partial charge in [0.05, 0.1) is 11.6 Å². The summed E-state index contributed by atoms with van der Waals surface area (Å²) in [4.78, 5) is 15.3. The first-order chi connectivity index (χ1) is 8.97. The largest absolute Gasteiger partial charge is 0.345 e. The first-order valence-electron chi connectivity index (χ1n) is 5.83. The molecule has 1 unspecified atom stereocenters. The van der Waals surface area contributed by atoms with Gasteiger partial charge in [-0.25, -0.2) is 0 Å². The molecule has 0 aliphatic carbocycles. The SMILES string of the molecule is Cc1ccc(C(C)NC(=O)c2ccc(Br)cc2S)s1. The summed E-state index contributed by atoms with van der Waals surface area (Å²) >= 11 is 9.39. The van der Waals surface area contributed by atoms with Crippen LogP contribution in [0.5, 0.6) is 0 Å². The van der Waals surface area contributed by atoms with Crippen LogP contribution in [0.2, 0.25) is 0 Å². The van der Waals surface area contributed by atoms with Crippen molar-refractivity contribution in [1.82, 2.24) is 5.32 Å². The first-order valence-corrected chi connectivity index (χ1v) is 7.89. The quantitative estimate of drug-likeness (QED) is 0.774. The number of carbonyl (C=O) groups excluding carboxylic acids is 1. The van der Waals surface area contributed by atoms with Gasteiger partial charge in [0.25, 0.3) is 5.91 Å². The van der Waals surface area contributed by atoms with E-state index < -0.39 is 0 Å². The van der Waals surface area contributed by atoms with Crippen LogP contribution < -0.4 is 5.32 Å². The molecule has 1 N–H and O–H groups in total. The summed E-state index contributed by atoms with van der Waals surface area (Å²) in [5, 5.41) is 2.99. The second kappa shape index (κ2) is 6.11. The molecule has 0 bridgehead atoms. The third-order valence-corrected chi connectivity index (χ3v) is 4.79. The molecule has 0 saturated carbocycles. The zero-order chi connectivity index (χ0) is 14.0. The maximum absolute atomic E-state index is 12.2. The van der Waals surface area contributed by atoms with Gasteiger partial charge in [-0.05, 0) is 44.2 Å². The van der Waals surface area contributed by atoms with Crippen molar-refractivity contribution in [3.63, 3.8) is 0 Å². The minimum atomic E-state index is -0.101. The van der Waals surface area contributed by atoms with E-state index in [4.69, 9.17) is 0 Å². The normalized spacial score (nSPS) is 12.2. The predicted octanol–water partition coefficient (Wildman–Crippen LogP) is 4.60. The van der Waals surface area contributed by atoms with Gasteiger partial charge < -0.3 is 5.32 Å². The Balaban J connectivity index is 2.12. The molecule has 0 fully saturated rings. The molecule has 2 aromatic rings. The van der Waals surface area contributed by atoms with Crippen molar-refractivity contribution in [2.24, 2.45) is 0 Å². The van der Waals surface area contributed by atoms with E-state index in [0.29, 0.717) is 10.5 Å². The van der Waals surface area contributed by atoms with Gasteiger partial charge in [0.1, 0.15) is 0 Å². The number of amides is 1. The van der Waals surface area contributed by atoms with Gasteiger partial charge in [0, 0.05) is 19.1 Å². The van der Waals surface area contributed by atoms with Gasteiger partial charge in [-0.2, -0.15) is 0 Å². The number of hydrogen-bond donors (Lipinski definition) is 2. The molecule has 0 spiro atoms. The number of halogens is 1. The Hall–Kier alpha value is -0.780. The molecule has 0 radical (unpaired) electrons. The second-order valence-electron chi connectivity index (χ2n) is 4.31. The van der Waals surface area contributed by atoms with Crippen LogP contribution in [-0.2, 0) is 0 Å². The lowest BCUT2D eigenvalue weighted by molar-refractivity contribution is 0.0937. The Labute approximate surface area is 130 Å². The van der Waals surface area contributed by atoms with E-state index in [1.807, 2.05) is 25.1 Å². The summed E-state index contributed by atoms with van der Waals surface area (Å²) in [5.41, 5.74) is 0.590. The van der Waals surface area contributed by atoms with E-state index in [1.165, 1.54) is 4.88 Å². The summed E-state index contributed by atoms with van der Waals surface area (Å²) in [7, 11) is 0. The smallest absolute Gasteiger partial charge is 0.252 e. The van der Waals surface area contributed by atoms with E-state index in [9.17, 15) is 4.79 Å². The zero-order valence-corrected chi connectivity index (χ0v) is 13.9. The predicted molar refractivity (Wildman–Crippen MR) is 86.3 cm³/mol. The van der Waals surface area contributed by atoms with Crippen molar-refractivity contribution < 1.29 is 4.79 Å². The molecule has 2 nitrogen and oxygen atoms in total. The van der Waals surface area contributed by atoms with Crippen molar-refractivity contribution in [3.05, 3.63) is 50.1 Å². The van der Waals surface area contributed by atoms with Crippen LogP contribution in [0.1, 0.15) is 33.1 Å². The van der Waals surface area contributed by atoms with Gasteiger partial charge in [0.2, 0.25) is 0 Å². The van der Waals surface area contributed by atoms with Gasteiger partial charge in [-0.1, -0.05) is 15.9 Å². The van der Waals surface area contributed by atoms with Gasteiger partial charge >= 0.3 is 0 Å². The molecule has 0 aliphatic heterocycles. The summed E-state index contributed by atoms with van der Waals surface area (Å²) in [6.07, 6.45) is 0. The summed E-state index contributed by atoms with van der Waals surface area (Å²) in [6, 6.07) is 9.55. The van der Waals surface area contributed by atoms with Crippen LogP contribution >= 0.6 is 39.9 Å². The highest BCUT2D eigenvalue weighted by molar-refractivity contribution is 9.10. The third kappa shape index (κ3) is 3.61. The zero-order valence-electron chi connectivity index (χ0n) is 10.6. The number of thiol groups is 1. The number of aryl methyl sites for hydroxylation is 1. The maximum atomic E-state index is 12.2. The van der Waals surface area contributed by atoms with E-state index in [0.717, 1.165) is 9.35 Å². The van der Waals surface area contributed by atoms with E-state index >= 15 is 0 Å². The molecule has 0 saturated heterocycles. The third-order valence-electron chi connectivity index (χ3n) is 2.74. The average Bonchev–Trinajstić information content (AvgIpc) is 2.75. The number of benzene rings is 1. The van der Waals surface area contributed by atoms with Gasteiger partial charge in [0.15, 0.2) is 0 Å². The number of hydrogen-bond acceptors (Lipinski definition) is 3.